The molecule has 0 aromatic heterocycles. The van der Waals surface area contributed by atoms with E-state index in [4.69, 9.17) is 0 Å². The van der Waals surface area contributed by atoms with E-state index in [9.17, 15) is 0 Å². The largest absolute Gasteiger partial charge is 0.311 e. The lowest BCUT2D eigenvalue weighted by molar-refractivity contribution is 0.202. The predicted octanol–water partition coefficient (Wildman–Crippen LogP) is 1.71. The maximum absolute atomic E-state index is 3.82. The Morgan fingerprint density at radius 1 is 1.14 bits per heavy atom. The van der Waals surface area contributed by atoms with E-state index in [1.807, 2.05) is 0 Å². The van der Waals surface area contributed by atoms with Crippen LogP contribution in [0.15, 0.2) is 0 Å². The van der Waals surface area contributed by atoms with E-state index < -0.39 is 0 Å². The Morgan fingerprint density at radius 3 is 2.57 bits per heavy atom. The molecule has 2 bridgehead atoms. The molecule has 0 aromatic carbocycles. The number of rotatable bonds is 3. The van der Waals surface area contributed by atoms with Crippen LogP contribution >= 0.6 is 0 Å². The van der Waals surface area contributed by atoms with Gasteiger partial charge in [-0.25, -0.2) is 0 Å². The SMILES string of the molecule is CC(C)C(C)NC1CCN2CCC1C2. The van der Waals surface area contributed by atoms with Gasteiger partial charge in [0.1, 0.15) is 0 Å². The van der Waals surface area contributed by atoms with E-state index in [0.717, 1.165) is 17.9 Å². The van der Waals surface area contributed by atoms with Crippen LogP contribution in [0.4, 0.5) is 0 Å². The zero-order valence-electron chi connectivity index (χ0n) is 9.79. The number of piperidine rings is 1. The zero-order chi connectivity index (χ0) is 10.1. The minimum Gasteiger partial charge on any atom is -0.311 e. The molecule has 2 saturated heterocycles. The lowest BCUT2D eigenvalue weighted by Gasteiger charge is -2.34. The second-order valence-corrected chi connectivity index (χ2v) is 5.44. The van der Waals surface area contributed by atoms with Crippen LogP contribution < -0.4 is 5.32 Å². The molecule has 2 aliphatic heterocycles. The number of hydrogen-bond acceptors (Lipinski definition) is 2. The third-order valence-corrected chi connectivity index (χ3v) is 4.11. The molecule has 2 heteroatoms. The van der Waals surface area contributed by atoms with E-state index in [0.29, 0.717) is 6.04 Å². The summed E-state index contributed by atoms with van der Waals surface area (Å²) in [6, 6.07) is 1.47. The molecule has 0 saturated carbocycles. The van der Waals surface area contributed by atoms with Gasteiger partial charge in [0, 0.05) is 18.6 Å². The fourth-order valence-electron chi connectivity index (χ4n) is 2.70. The summed E-state index contributed by atoms with van der Waals surface area (Å²) < 4.78 is 0. The maximum atomic E-state index is 3.82. The second kappa shape index (κ2) is 4.19. The third-order valence-electron chi connectivity index (χ3n) is 4.11. The van der Waals surface area contributed by atoms with Crippen molar-refractivity contribution in [3.8, 4) is 0 Å². The molecule has 4 unspecified atom stereocenters. The Balaban J connectivity index is 1.85. The fraction of sp³-hybridized carbons (Fsp3) is 1.00. The van der Waals surface area contributed by atoms with Gasteiger partial charge in [-0.3, -0.25) is 0 Å². The highest BCUT2D eigenvalue weighted by atomic mass is 15.2. The summed E-state index contributed by atoms with van der Waals surface area (Å²) in [5.41, 5.74) is 0. The Labute approximate surface area is 88.1 Å². The molecule has 2 aliphatic rings. The minimum absolute atomic E-state index is 0.673. The standard InChI is InChI=1S/C12H24N2/c1-9(2)10(3)13-12-5-7-14-6-4-11(12)8-14/h9-13H,4-8H2,1-3H3. The predicted molar refractivity (Wildman–Crippen MR) is 60.4 cm³/mol. The summed E-state index contributed by atoms with van der Waals surface area (Å²) in [7, 11) is 0. The third kappa shape index (κ3) is 2.12. The topological polar surface area (TPSA) is 15.3 Å². The molecule has 2 nitrogen and oxygen atoms in total. The summed E-state index contributed by atoms with van der Waals surface area (Å²) in [5, 5.41) is 3.82. The summed E-state index contributed by atoms with van der Waals surface area (Å²) in [5.74, 6) is 1.69. The van der Waals surface area contributed by atoms with Crippen molar-refractivity contribution in [2.24, 2.45) is 11.8 Å². The highest BCUT2D eigenvalue weighted by Crippen LogP contribution is 2.27. The van der Waals surface area contributed by atoms with Crippen molar-refractivity contribution in [1.29, 1.82) is 0 Å². The Kier molecular flexibility index (Phi) is 3.13. The van der Waals surface area contributed by atoms with Gasteiger partial charge in [-0.05, 0) is 44.7 Å². The van der Waals surface area contributed by atoms with Crippen LogP contribution in [-0.4, -0.2) is 36.6 Å². The van der Waals surface area contributed by atoms with E-state index in [1.165, 1.54) is 32.5 Å². The fourth-order valence-corrected chi connectivity index (χ4v) is 2.70. The highest BCUT2D eigenvalue weighted by Gasteiger charge is 2.34. The van der Waals surface area contributed by atoms with Crippen molar-refractivity contribution in [2.75, 3.05) is 19.6 Å². The highest BCUT2D eigenvalue weighted by molar-refractivity contribution is 4.91. The van der Waals surface area contributed by atoms with Crippen LogP contribution in [0.5, 0.6) is 0 Å². The maximum Gasteiger partial charge on any atom is 0.0123 e. The van der Waals surface area contributed by atoms with Crippen molar-refractivity contribution in [2.45, 2.75) is 45.7 Å². The summed E-state index contributed by atoms with van der Waals surface area (Å²) in [6.45, 7) is 11.0. The Bertz CT molecular complexity index is 191. The lowest BCUT2D eigenvalue weighted by Crippen LogP contribution is -2.48. The van der Waals surface area contributed by atoms with Gasteiger partial charge in [0.25, 0.3) is 0 Å². The van der Waals surface area contributed by atoms with Gasteiger partial charge in [0.05, 0.1) is 0 Å². The molecule has 0 aliphatic carbocycles. The van der Waals surface area contributed by atoms with E-state index >= 15 is 0 Å². The van der Waals surface area contributed by atoms with E-state index in [1.54, 1.807) is 0 Å². The monoisotopic (exact) mass is 196 g/mol. The van der Waals surface area contributed by atoms with Crippen molar-refractivity contribution < 1.29 is 0 Å². The number of hydrogen-bond donors (Lipinski definition) is 1. The summed E-state index contributed by atoms with van der Waals surface area (Å²) in [4.78, 5) is 2.61. The molecule has 0 spiro atoms. The van der Waals surface area contributed by atoms with Gasteiger partial charge in [-0.1, -0.05) is 13.8 Å². The Morgan fingerprint density at radius 2 is 1.86 bits per heavy atom. The quantitative estimate of drug-likeness (QED) is 0.739. The van der Waals surface area contributed by atoms with Crippen molar-refractivity contribution in [1.82, 2.24) is 10.2 Å². The first-order valence-corrected chi connectivity index (χ1v) is 6.15. The molecule has 4 atom stereocenters. The van der Waals surface area contributed by atoms with Crippen LogP contribution in [0.2, 0.25) is 0 Å². The van der Waals surface area contributed by atoms with Gasteiger partial charge >= 0.3 is 0 Å². The van der Waals surface area contributed by atoms with Gasteiger partial charge in [0.2, 0.25) is 0 Å². The molecule has 0 aromatic rings. The van der Waals surface area contributed by atoms with Crippen LogP contribution in [0.1, 0.15) is 33.6 Å². The van der Waals surface area contributed by atoms with Gasteiger partial charge < -0.3 is 10.2 Å². The molecule has 2 rings (SSSR count). The van der Waals surface area contributed by atoms with Crippen LogP contribution in [-0.2, 0) is 0 Å². The molecule has 2 heterocycles. The average Bonchev–Trinajstić information content (AvgIpc) is 2.53. The number of nitrogens with one attached hydrogen (secondary N) is 1. The van der Waals surface area contributed by atoms with E-state index in [2.05, 4.69) is 31.0 Å². The second-order valence-electron chi connectivity index (χ2n) is 5.44. The van der Waals surface area contributed by atoms with Gasteiger partial charge in [-0.15, -0.1) is 0 Å². The smallest absolute Gasteiger partial charge is 0.0123 e. The molecular weight excluding hydrogens is 172 g/mol. The normalized spacial score (nSPS) is 39.0. The minimum atomic E-state index is 0.673. The first-order valence-electron chi connectivity index (χ1n) is 6.15. The molecule has 1 N–H and O–H groups in total. The molecule has 2 fully saturated rings. The summed E-state index contributed by atoms with van der Waals surface area (Å²) >= 11 is 0. The molecule has 82 valence electrons. The average molecular weight is 196 g/mol. The van der Waals surface area contributed by atoms with Crippen molar-refractivity contribution in [3.05, 3.63) is 0 Å². The lowest BCUT2D eigenvalue weighted by atomic mass is 9.92. The number of nitrogens with zero attached hydrogens (tertiary/aromatic N) is 1. The Hall–Kier alpha value is -0.0800. The van der Waals surface area contributed by atoms with Gasteiger partial charge in [-0.2, -0.15) is 0 Å². The first-order chi connectivity index (χ1) is 6.66. The van der Waals surface area contributed by atoms with Crippen molar-refractivity contribution >= 4 is 0 Å². The molecule has 14 heavy (non-hydrogen) atoms. The van der Waals surface area contributed by atoms with Crippen LogP contribution in [0.3, 0.4) is 0 Å². The number of fused-ring (bicyclic) bond motifs is 2. The van der Waals surface area contributed by atoms with Crippen molar-refractivity contribution in [3.63, 3.8) is 0 Å². The van der Waals surface area contributed by atoms with E-state index in [-0.39, 0.29) is 0 Å². The molecule has 0 radical (unpaired) electrons. The van der Waals surface area contributed by atoms with Gasteiger partial charge in [0.15, 0.2) is 0 Å². The van der Waals surface area contributed by atoms with Crippen LogP contribution in [0.25, 0.3) is 0 Å². The van der Waals surface area contributed by atoms with Crippen LogP contribution in [0, 0.1) is 11.8 Å². The first kappa shape index (κ1) is 10.4. The zero-order valence-corrected chi connectivity index (χ0v) is 9.79. The summed E-state index contributed by atoms with van der Waals surface area (Å²) in [6.07, 6.45) is 2.78. The molecule has 0 amide bonds. The molecular formula is C12H24N2.